The van der Waals surface area contributed by atoms with Crippen LogP contribution in [0.3, 0.4) is 0 Å². The Kier molecular flexibility index (Phi) is 14.4. The molecule has 0 aliphatic carbocycles. The third-order valence-corrected chi connectivity index (χ3v) is 17.1. The Hall–Kier alpha value is -12.5. The third-order valence-electron chi connectivity index (χ3n) is 17.1. The SMILES string of the molecule is c1ccc(-c2nc(-c3ccccc3)nc(-c3ccc(-c4c(-c5ccc(-c6ccncc6)cc5)ccc5c(-c6ccccc6-c6nc(-c7ccccc7)nc(-c7ccc(-c8c(-c9ccc(-c%10cccnc%10)cc9)ccc9ccccc89)cc7)n6)cccc45)cc3)n2)cc1. The Morgan fingerprint density at radius 1 is 0.163 bits per heavy atom. The van der Waals surface area contributed by atoms with Gasteiger partial charge in [-0.05, 0) is 118 Å². The lowest BCUT2D eigenvalue weighted by Crippen LogP contribution is -2.01. The lowest BCUT2D eigenvalue weighted by molar-refractivity contribution is 1.07. The molecule has 0 spiro atoms. The average Bonchev–Trinajstić information content (AvgIpc) is 0.814. The molecule has 0 fully saturated rings. The first kappa shape index (κ1) is 54.8. The minimum Gasteiger partial charge on any atom is -0.265 e. The molecule has 0 bridgehead atoms. The highest BCUT2D eigenvalue weighted by Crippen LogP contribution is 2.45. The Morgan fingerprint density at radius 3 is 1.08 bits per heavy atom. The van der Waals surface area contributed by atoms with Gasteiger partial charge in [-0.15, -0.1) is 0 Å². The second kappa shape index (κ2) is 24.2. The van der Waals surface area contributed by atoms with Gasteiger partial charge in [0.25, 0.3) is 0 Å². The zero-order valence-electron chi connectivity index (χ0n) is 49.8. The molecule has 8 nitrogen and oxygen atoms in total. The molecule has 0 aliphatic heterocycles. The van der Waals surface area contributed by atoms with Gasteiger partial charge < -0.3 is 0 Å². The van der Waals surface area contributed by atoms with Gasteiger partial charge in [-0.1, -0.05) is 285 Å². The minimum atomic E-state index is 0.572. The van der Waals surface area contributed by atoms with Gasteiger partial charge in [0.15, 0.2) is 34.9 Å². The monoisotopic (exact) mass is 1170 g/mol. The first-order valence-corrected chi connectivity index (χ1v) is 30.7. The number of benzene rings is 12. The topological polar surface area (TPSA) is 103 Å². The summed E-state index contributed by atoms with van der Waals surface area (Å²) in [6, 6.07) is 106. The lowest BCUT2D eigenvalue weighted by atomic mass is 9.86. The fraction of sp³-hybridized carbons (Fsp3) is 0. The van der Waals surface area contributed by atoms with Gasteiger partial charge in [0.2, 0.25) is 0 Å². The van der Waals surface area contributed by atoms with Crippen LogP contribution in [0.25, 0.3) is 168 Å². The van der Waals surface area contributed by atoms with Crippen molar-refractivity contribution >= 4 is 21.5 Å². The number of nitrogens with zero attached hydrogens (tertiary/aromatic N) is 8. The van der Waals surface area contributed by atoms with Crippen molar-refractivity contribution in [3.63, 3.8) is 0 Å². The van der Waals surface area contributed by atoms with Crippen LogP contribution in [0.4, 0.5) is 0 Å². The number of hydrogen-bond donors (Lipinski definition) is 0. The number of rotatable bonds is 13. The molecule has 0 atom stereocenters. The molecule has 16 aromatic rings. The van der Waals surface area contributed by atoms with Crippen molar-refractivity contribution < 1.29 is 0 Å². The van der Waals surface area contributed by atoms with E-state index in [1.807, 2.05) is 116 Å². The smallest absolute Gasteiger partial charge is 0.164 e. The molecule has 0 saturated heterocycles. The first-order chi connectivity index (χ1) is 45.6. The first-order valence-electron chi connectivity index (χ1n) is 30.7. The highest BCUT2D eigenvalue weighted by atomic mass is 15.0. The molecule has 0 aliphatic rings. The molecule has 16 rings (SSSR count). The fourth-order valence-corrected chi connectivity index (χ4v) is 12.5. The van der Waals surface area contributed by atoms with Crippen LogP contribution in [-0.4, -0.2) is 39.9 Å². The van der Waals surface area contributed by atoms with E-state index in [1.165, 1.54) is 10.8 Å². The average molecular weight is 1180 g/mol. The number of aromatic nitrogens is 8. The van der Waals surface area contributed by atoms with E-state index in [1.54, 1.807) is 6.20 Å². The van der Waals surface area contributed by atoms with Gasteiger partial charge in [0, 0.05) is 58.2 Å². The maximum absolute atomic E-state index is 5.40. The zero-order chi connectivity index (χ0) is 61.2. The van der Waals surface area contributed by atoms with E-state index < -0.39 is 0 Å². The Balaban J connectivity index is 0.808. The van der Waals surface area contributed by atoms with Crippen molar-refractivity contribution in [1.82, 2.24) is 39.9 Å². The summed E-state index contributed by atoms with van der Waals surface area (Å²) in [6.45, 7) is 0. The number of pyridine rings is 2. The molecule has 8 heteroatoms. The summed E-state index contributed by atoms with van der Waals surface area (Å²) in [5, 5.41) is 4.53. The summed E-state index contributed by atoms with van der Waals surface area (Å²) >= 11 is 0. The van der Waals surface area contributed by atoms with Crippen LogP contribution in [0.15, 0.2) is 328 Å². The van der Waals surface area contributed by atoms with Crippen LogP contribution in [0.1, 0.15) is 0 Å². The summed E-state index contributed by atoms with van der Waals surface area (Å²) in [5.74, 6) is 3.56. The highest BCUT2D eigenvalue weighted by molar-refractivity contribution is 6.11. The fourth-order valence-electron chi connectivity index (χ4n) is 12.5. The predicted octanol–water partition coefficient (Wildman–Crippen LogP) is 20.8. The van der Waals surface area contributed by atoms with Crippen LogP contribution >= 0.6 is 0 Å². The second-order valence-electron chi connectivity index (χ2n) is 22.6. The number of hydrogen-bond acceptors (Lipinski definition) is 8. The number of fused-ring (bicyclic) bond motifs is 2. The summed E-state index contributed by atoms with van der Waals surface area (Å²) in [6.07, 6.45) is 7.38. The van der Waals surface area contributed by atoms with E-state index in [-0.39, 0.29) is 0 Å². The van der Waals surface area contributed by atoms with Crippen LogP contribution in [0, 0.1) is 0 Å². The summed E-state index contributed by atoms with van der Waals surface area (Å²) in [5.41, 5.74) is 20.7. The van der Waals surface area contributed by atoms with Gasteiger partial charge in [0.1, 0.15) is 0 Å². The van der Waals surface area contributed by atoms with Crippen LogP contribution < -0.4 is 0 Å². The molecular weight excluding hydrogens is 1120 g/mol. The molecule has 4 heterocycles. The molecule has 430 valence electrons. The third kappa shape index (κ3) is 10.7. The molecule has 0 N–H and O–H groups in total. The minimum absolute atomic E-state index is 0.572. The Bertz CT molecular complexity index is 5270. The van der Waals surface area contributed by atoms with Crippen molar-refractivity contribution in [3.05, 3.63) is 328 Å². The molecule has 12 aromatic carbocycles. The molecule has 0 radical (unpaired) electrons. The van der Waals surface area contributed by atoms with E-state index in [9.17, 15) is 0 Å². The molecule has 92 heavy (non-hydrogen) atoms. The van der Waals surface area contributed by atoms with E-state index in [2.05, 4.69) is 216 Å². The summed E-state index contributed by atoms with van der Waals surface area (Å²) in [7, 11) is 0. The van der Waals surface area contributed by atoms with Crippen molar-refractivity contribution in [2.24, 2.45) is 0 Å². The van der Waals surface area contributed by atoms with E-state index in [0.29, 0.717) is 34.9 Å². The van der Waals surface area contributed by atoms with Gasteiger partial charge in [-0.25, -0.2) is 29.9 Å². The summed E-state index contributed by atoms with van der Waals surface area (Å²) in [4.78, 5) is 39.7. The highest BCUT2D eigenvalue weighted by Gasteiger charge is 2.22. The lowest BCUT2D eigenvalue weighted by Gasteiger charge is -2.18. The van der Waals surface area contributed by atoms with Crippen molar-refractivity contribution in [2.75, 3.05) is 0 Å². The normalized spacial score (nSPS) is 11.3. The predicted molar refractivity (Wildman–Crippen MR) is 374 cm³/mol. The van der Waals surface area contributed by atoms with Crippen molar-refractivity contribution in [2.45, 2.75) is 0 Å². The van der Waals surface area contributed by atoms with Gasteiger partial charge in [0.05, 0.1) is 0 Å². The van der Waals surface area contributed by atoms with Gasteiger partial charge in [-0.3, -0.25) is 9.97 Å². The second-order valence-corrected chi connectivity index (χ2v) is 22.6. The quantitative estimate of drug-likeness (QED) is 0.112. The van der Waals surface area contributed by atoms with Crippen LogP contribution in [-0.2, 0) is 0 Å². The van der Waals surface area contributed by atoms with Crippen molar-refractivity contribution in [1.29, 1.82) is 0 Å². The van der Waals surface area contributed by atoms with Gasteiger partial charge in [-0.2, -0.15) is 0 Å². The van der Waals surface area contributed by atoms with E-state index in [4.69, 9.17) is 29.9 Å². The molecule has 0 saturated carbocycles. The molecule has 0 unspecified atom stereocenters. The van der Waals surface area contributed by atoms with Crippen LogP contribution in [0.5, 0.6) is 0 Å². The molecule has 4 aromatic heterocycles. The Morgan fingerprint density at radius 2 is 0.543 bits per heavy atom. The van der Waals surface area contributed by atoms with Gasteiger partial charge >= 0.3 is 0 Å². The standard InChI is InChI=1S/C84H54N8/c1-4-17-63(18-5-1)79-87-80(64-19-6-2-7-20-64)89-82(88-79)66-43-39-62(40-44-66)78-71(60-33-29-55(30-34-60)57-49-52-85-53-50-57)47-48-74-72(27-14-28-75(74)78)73-25-12-13-26-76(73)84-91-81(65-21-8-3-9-22-65)90-83(92-84)67-41-37-61(38-42-67)77-69-24-11-10-16-58(69)45-46-70(77)59-35-31-56(32-36-59)68-23-15-51-86-54-68/h1-54H. The van der Waals surface area contributed by atoms with E-state index in [0.717, 1.165) is 122 Å². The van der Waals surface area contributed by atoms with E-state index >= 15 is 0 Å². The maximum Gasteiger partial charge on any atom is 0.164 e. The Labute approximate surface area is 532 Å². The molecule has 0 amide bonds. The maximum atomic E-state index is 5.40. The zero-order valence-corrected chi connectivity index (χ0v) is 49.8. The summed E-state index contributed by atoms with van der Waals surface area (Å²) < 4.78 is 0. The van der Waals surface area contributed by atoms with Crippen molar-refractivity contribution in [3.8, 4) is 146 Å². The van der Waals surface area contributed by atoms with Crippen LogP contribution in [0.2, 0.25) is 0 Å². The molecular formula is C84H54N8. The largest absolute Gasteiger partial charge is 0.265 e.